The van der Waals surface area contributed by atoms with Gasteiger partial charge in [-0.1, -0.05) is 42.8 Å². The van der Waals surface area contributed by atoms with Gasteiger partial charge in [0.25, 0.3) is 0 Å². The molecular formula is C43H50F2N4O5. The van der Waals surface area contributed by atoms with Crippen LogP contribution in [0.5, 0.6) is 5.75 Å². The van der Waals surface area contributed by atoms with E-state index in [0.29, 0.717) is 23.3 Å². The first-order valence-electron chi connectivity index (χ1n) is 18.8. The van der Waals surface area contributed by atoms with Gasteiger partial charge in [0.05, 0.1) is 17.4 Å². The normalized spacial score (nSPS) is 16.9. The second kappa shape index (κ2) is 17.0. The van der Waals surface area contributed by atoms with E-state index in [2.05, 4.69) is 5.10 Å². The standard InChI is InChI=1S/C43H50F2N4O5/c1-43(2,3)54-42(51)48(24-9-12-37(50)47(4)5)25-27-52-34-21-16-31(17-22-34)40(39(29-10-8-11-29)30-14-19-33(44)20-15-30)32-18-23-36-35(28-32)41(45)46-49(36)38-13-6-7-26-53-38/h9,12,14-23,28-29,38H,6-8,10-11,13,24-27H2,1-5H3/b12-9+,40-39+. The molecule has 0 spiro atoms. The van der Waals surface area contributed by atoms with E-state index in [9.17, 15) is 14.0 Å². The molecule has 1 unspecified atom stereocenters. The van der Waals surface area contributed by atoms with Crippen LogP contribution in [-0.2, 0) is 14.3 Å². The van der Waals surface area contributed by atoms with Crippen LogP contribution in [-0.4, -0.2) is 77.6 Å². The minimum absolute atomic E-state index is 0.176. The molecule has 0 bridgehead atoms. The zero-order valence-electron chi connectivity index (χ0n) is 31.8. The molecule has 6 rings (SSSR count). The largest absolute Gasteiger partial charge is 0.492 e. The van der Waals surface area contributed by atoms with Crippen LogP contribution in [0.1, 0.15) is 82.2 Å². The van der Waals surface area contributed by atoms with Crippen molar-refractivity contribution in [3.05, 3.63) is 107 Å². The van der Waals surface area contributed by atoms with Crippen LogP contribution in [0.3, 0.4) is 0 Å². The highest BCUT2D eigenvalue weighted by Gasteiger charge is 2.29. The van der Waals surface area contributed by atoms with Crippen molar-refractivity contribution in [3.63, 3.8) is 0 Å². The Labute approximate surface area is 316 Å². The van der Waals surface area contributed by atoms with E-state index in [1.54, 1.807) is 45.6 Å². The molecule has 1 saturated heterocycles. The average Bonchev–Trinajstić information content (AvgIpc) is 3.45. The van der Waals surface area contributed by atoms with Crippen LogP contribution >= 0.6 is 0 Å². The van der Waals surface area contributed by atoms with Crippen molar-refractivity contribution in [2.24, 2.45) is 5.92 Å². The molecule has 0 radical (unpaired) electrons. The second-order valence-corrected chi connectivity index (χ2v) is 15.1. The molecule has 54 heavy (non-hydrogen) atoms. The van der Waals surface area contributed by atoms with Crippen LogP contribution in [0.15, 0.2) is 78.9 Å². The fourth-order valence-electron chi connectivity index (χ4n) is 6.79. The second-order valence-electron chi connectivity index (χ2n) is 15.1. The molecule has 4 aromatic rings. The van der Waals surface area contributed by atoms with Gasteiger partial charge in [-0.05, 0) is 123 Å². The van der Waals surface area contributed by atoms with E-state index in [4.69, 9.17) is 14.2 Å². The highest BCUT2D eigenvalue weighted by Crippen LogP contribution is 2.46. The molecule has 0 N–H and O–H groups in total. The number of benzene rings is 3. The van der Waals surface area contributed by atoms with Gasteiger partial charge in [0.1, 0.15) is 23.8 Å². The van der Waals surface area contributed by atoms with E-state index >= 15 is 4.39 Å². The van der Waals surface area contributed by atoms with Crippen molar-refractivity contribution in [3.8, 4) is 5.75 Å². The fourth-order valence-corrected chi connectivity index (χ4v) is 6.79. The van der Waals surface area contributed by atoms with Crippen molar-refractivity contribution in [1.82, 2.24) is 19.6 Å². The lowest BCUT2D eigenvalue weighted by Crippen LogP contribution is -2.39. The third-order valence-corrected chi connectivity index (χ3v) is 9.77. The Morgan fingerprint density at radius 3 is 2.26 bits per heavy atom. The van der Waals surface area contributed by atoms with E-state index in [1.807, 2.05) is 54.6 Å². The summed E-state index contributed by atoms with van der Waals surface area (Å²) in [6.45, 7) is 6.62. The van der Waals surface area contributed by atoms with Gasteiger partial charge in [-0.2, -0.15) is 4.39 Å². The molecule has 1 saturated carbocycles. The van der Waals surface area contributed by atoms with Crippen molar-refractivity contribution in [1.29, 1.82) is 0 Å². The molecule has 286 valence electrons. The Balaban J connectivity index is 1.30. The first-order chi connectivity index (χ1) is 25.9. The van der Waals surface area contributed by atoms with Gasteiger partial charge in [-0.3, -0.25) is 4.79 Å². The highest BCUT2D eigenvalue weighted by atomic mass is 19.1. The summed E-state index contributed by atoms with van der Waals surface area (Å²) in [4.78, 5) is 28.0. The van der Waals surface area contributed by atoms with E-state index in [1.165, 1.54) is 28.0 Å². The average molecular weight is 741 g/mol. The number of ether oxygens (including phenoxy) is 3. The summed E-state index contributed by atoms with van der Waals surface area (Å²) in [6.07, 6.45) is 8.10. The van der Waals surface area contributed by atoms with Crippen LogP contribution in [0.25, 0.3) is 22.0 Å². The molecule has 2 aliphatic rings. The topological polar surface area (TPSA) is 86.1 Å². The molecule has 2 fully saturated rings. The number of rotatable bonds is 12. The molecule has 9 nitrogen and oxygen atoms in total. The number of amides is 2. The van der Waals surface area contributed by atoms with Gasteiger partial charge in [-0.15, -0.1) is 5.10 Å². The Kier molecular flexibility index (Phi) is 12.2. The monoisotopic (exact) mass is 740 g/mol. The lowest BCUT2D eigenvalue weighted by Gasteiger charge is -2.31. The van der Waals surface area contributed by atoms with Crippen LogP contribution < -0.4 is 4.74 Å². The minimum atomic E-state index is -0.687. The van der Waals surface area contributed by atoms with E-state index < -0.39 is 17.6 Å². The van der Waals surface area contributed by atoms with Crippen molar-refractivity contribution in [2.45, 2.75) is 71.1 Å². The van der Waals surface area contributed by atoms with Crippen molar-refractivity contribution in [2.75, 3.05) is 40.4 Å². The summed E-state index contributed by atoms with van der Waals surface area (Å²) in [5.74, 6) is -0.183. The zero-order chi connectivity index (χ0) is 38.4. The van der Waals surface area contributed by atoms with Crippen LogP contribution in [0.4, 0.5) is 13.6 Å². The Hall–Kier alpha value is -5.03. The molecule has 11 heteroatoms. The lowest BCUT2D eigenvalue weighted by atomic mass is 9.73. The maximum absolute atomic E-state index is 15.6. The van der Waals surface area contributed by atoms with Gasteiger partial charge in [-0.25, -0.2) is 13.9 Å². The lowest BCUT2D eigenvalue weighted by molar-refractivity contribution is -0.123. The number of halogens is 2. The fraction of sp³-hybridized carbons (Fsp3) is 0.419. The highest BCUT2D eigenvalue weighted by molar-refractivity contribution is 6.01. The summed E-state index contributed by atoms with van der Waals surface area (Å²) in [6, 6.07) is 20.1. The minimum Gasteiger partial charge on any atom is -0.492 e. The Morgan fingerprint density at radius 1 is 0.926 bits per heavy atom. The summed E-state index contributed by atoms with van der Waals surface area (Å²) < 4.78 is 49.1. The number of carbonyl (C=O) groups excluding carboxylic acids is 2. The van der Waals surface area contributed by atoms with Gasteiger partial charge in [0.2, 0.25) is 11.9 Å². The Morgan fingerprint density at radius 2 is 1.63 bits per heavy atom. The van der Waals surface area contributed by atoms with E-state index in [-0.39, 0.29) is 43.6 Å². The number of nitrogens with zero attached hydrogens (tertiary/aromatic N) is 4. The molecule has 1 aromatic heterocycles. The molecule has 1 aliphatic carbocycles. The number of hydrogen-bond acceptors (Lipinski definition) is 6. The summed E-state index contributed by atoms with van der Waals surface area (Å²) >= 11 is 0. The molecule has 1 aliphatic heterocycles. The summed E-state index contributed by atoms with van der Waals surface area (Å²) in [5.41, 5.74) is 4.68. The van der Waals surface area contributed by atoms with E-state index in [0.717, 1.165) is 66.4 Å². The van der Waals surface area contributed by atoms with Gasteiger partial charge < -0.3 is 24.0 Å². The summed E-state index contributed by atoms with van der Waals surface area (Å²) in [7, 11) is 3.32. The Bertz CT molecular complexity index is 1990. The zero-order valence-corrected chi connectivity index (χ0v) is 31.8. The van der Waals surface area contributed by atoms with Crippen molar-refractivity contribution >= 4 is 34.0 Å². The van der Waals surface area contributed by atoms with Gasteiger partial charge in [0.15, 0.2) is 6.23 Å². The number of carbonyl (C=O) groups is 2. The van der Waals surface area contributed by atoms with Crippen LogP contribution in [0, 0.1) is 17.7 Å². The maximum Gasteiger partial charge on any atom is 0.410 e. The van der Waals surface area contributed by atoms with Crippen LogP contribution in [0.2, 0.25) is 0 Å². The molecule has 1 atom stereocenters. The van der Waals surface area contributed by atoms with Crippen molar-refractivity contribution < 1.29 is 32.6 Å². The first-order valence-corrected chi connectivity index (χ1v) is 18.8. The molecule has 2 heterocycles. The van der Waals surface area contributed by atoms with Gasteiger partial charge >= 0.3 is 6.09 Å². The SMILES string of the molecule is CN(C)C(=O)/C=C/CN(CCOc1ccc(/C(=C(\c2ccc(F)cc2)C2CCC2)c2ccc3c(c2)c(F)nn3C2CCCCO2)cc1)C(=O)OC(C)(C)C. The third-order valence-electron chi connectivity index (χ3n) is 9.77. The number of fused-ring (bicyclic) bond motifs is 1. The summed E-state index contributed by atoms with van der Waals surface area (Å²) in [5, 5.41) is 4.69. The quantitative estimate of drug-likeness (QED) is 0.107. The molecule has 2 amide bonds. The smallest absolute Gasteiger partial charge is 0.410 e. The number of aromatic nitrogens is 2. The predicted molar refractivity (Wildman–Crippen MR) is 206 cm³/mol. The molecule has 3 aromatic carbocycles. The maximum atomic E-state index is 15.6. The predicted octanol–water partition coefficient (Wildman–Crippen LogP) is 9.03. The van der Waals surface area contributed by atoms with Gasteiger partial charge in [0, 0.05) is 33.3 Å². The number of allylic oxidation sites excluding steroid dienone is 1. The first kappa shape index (κ1) is 38.7. The number of likely N-dealkylation sites (N-methyl/N-ethyl adjacent to an activating group) is 1. The number of hydrogen-bond donors (Lipinski definition) is 0. The third kappa shape index (κ3) is 9.36. The molecular weight excluding hydrogens is 690 g/mol.